The molecule has 1 aliphatic heterocycles. The minimum Gasteiger partial charge on any atom is -0.464 e. The largest absolute Gasteiger partial charge is 0.464 e. The van der Waals surface area contributed by atoms with Gasteiger partial charge in [-0.25, -0.2) is 9.78 Å². The van der Waals surface area contributed by atoms with E-state index in [4.69, 9.17) is 9.72 Å². The van der Waals surface area contributed by atoms with Crippen molar-refractivity contribution in [3.05, 3.63) is 69.4 Å². The number of thiazole rings is 1. The van der Waals surface area contributed by atoms with Gasteiger partial charge in [0.25, 0.3) is 0 Å². The number of likely N-dealkylation sites (tertiary alicyclic amines) is 1. The van der Waals surface area contributed by atoms with Crippen LogP contribution in [0.25, 0.3) is 0 Å². The van der Waals surface area contributed by atoms with Gasteiger partial charge < -0.3 is 4.74 Å². The van der Waals surface area contributed by atoms with Gasteiger partial charge >= 0.3 is 5.97 Å². The number of piperidine rings is 1. The highest BCUT2D eigenvalue weighted by atomic mass is 32.1. The summed E-state index contributed by atoms with van der Waals surface area (Å²) in [6, 6.07) is 10.7. The summed E-state index contributed by atoms with van der Waals surface area (Å²) in [6.45, 7) is 4.60. The van der Waals surface area contributed by atoms with E-state index in [2.05, 4.69) is 57.7 Å². The molecule has 0 radical (unpaired) electrons. The monoisotopic (exact) mass is 396 g/mol. The zero-order valence-corrected chi connectivity index (χ0v) is 17.0. The molecule has 1 fully saturated rings. The first kappa shape index (κ1) is 18.8. The van der Waals surface area contributed by atoms with E-state index in [1.165, 1.54) is 18.4 Å². The average Bonchev–Trinajstić information content (AvgIpc) is 3.38. The molecule has 6 nitrogen and oxygen atoms in total. The standard InChI is InChI=1S/C21H24N4O2S/c1-15-23-18(14-28-15)21(17-6-4-3-5-7-17)8-10-25(11-9-21)13-16-12-22-24-19(16)20(26)27-2/h3-7,12,14H,8-11,13H2,1-2H3,(H,22,24). The summed E-state index contributed by atoms with van der Waals surface area (Å²) in [6.07, 6.45) is 3.70. The molecule has 1 saturated heterocycles. The normalized spacial score (nSPS) is 16.8. The highest BCUT2D eigenvalue weighted by Crippen LogP contribution is 2.42. The Bertz CT molecular complexity index is 942. The molecular formula is C21H24N4O2S. The second-order valence-corrected chi connectivity index (χ2v) is 8.30. The third-order valence-corrected chi connectivity index (χ3v) is 6.42. The van der Waals surface area contributed by atoms with Crippen molar-refractivity contribution < 1.29 is 9.53 Å². The van der Waals surface area contributed by atoms with Crippen molar-refractivity contribution in [1.82, 2.24) is 20.1 Å². The number of aromatic amines is 1. The van der Waals surface area contributed by atoms with Crippen molar-refractivity contribution >= 4 is 17.3 Å². The molecule has 7 heteroatoms. The topological polar surface area (TPSA) is 71.1 Å². The highest BCUT2D eigenvalue weighted by molar-refractivity contribution is 7.09. The molecule has 4 rings (SSSR count). The predicted octanol–water partition coefficient (Wildman–Crippen LogP) is 3.54. The van der Waals surface area contributed by atoms with Gasteiger partial charge in [-0.15, -0.1) is 11.3 Å². The average molecular weight is 397 g/mol. The molecule has 0 spiro atoms. The number of aromatic nitrogens is 3. The molecule has 146 valence electrons. The maximum Gasteiger partial charge on any atom is 0.356 e. The Balaban J connectivity index is 1.55. The molecule has 0 bridgehead atoms. The first-order valence-electron chi connectivity index (χ1n) is 9.43. The zero-order valence-electron chi connectivity index (χ0n) is 16.1. The third kappa shape index (κ3) is 3.47. The minimum atomic E-state index is -0.374. The molecule has 0 amide bonds. The van der Waals surface area contributed by atoms with Crippen molar-refractivity contribution in [3.8, 4) is 0 Å². The van der Waals surface area contributed by atoms with E-state index >= 15 is 0 Å². The second-order valence-electron chi connectivity index (χ2n) is 7.24. The van der Waals surface area contributed by atoms with Gasteiger partial charge in [0, 0.05) is 22.9 Å². The Morgan fingerprint density at radius 1 is 1.29 bits per heavy atom. The number of rotatable bonds is 5. The van der Waals surface area contributed by atoms with E-state index < -0.39 is 0 Å². The van der Waals surface area contributed by atoms with Crippen LogP contribution in [0.3, 0.4) is 0 Å². The number of ether oxygens (including phenoxy) is 1. The van der Waals surface area contributed by atoms with Crippen molar-refractivity contribution in [3.63, 3.8) is 0 Å². The van der Waals surface area contributed by atoms with E-state index in [0.717, 1.165) is 36.5 Å². The Hall–Kier alpha value is -2.51. The molecule has 28 heavy (non-hydrogen) atoms. The molecule has 1 aliphatic rings. The minimum absolute atomic E-state index is 0.0515. The molecule has 2 aromatic heterocycles. The number of methoxy groups -OCH3 is 1. The number of benzene rings is 1. The van der Waals surface area contributed by atoms with Gasteiger partial charge in [-0.05, 0) is 38.4 Å². The lowest BCUT2D eigenvalue weighted by molar-refractivity contribution is 0.0590. The number of aryl methyl sites for hydroxylation is 1. The van der Waals surface area contributed by atoms with Gasteiger partial charge in [0.2, 0.25) is 0 Å². The fraction of sp³-hybridized carbons (Fsp3) is 0.381. The number of hydrogen-bond donors (Lipinski definition) is 1. The zero-order chi connectivity index (χ0) is 19.6. The summed E-state index contributed by atoms with van der Waals surface area (Å²) >= 11 is 1.71. The number of carbonyl (C=O) groups excluding carboxylic acids is 1. The molecule has 1 N–H and O–H groups in total. The summed E-state index contributed by atoms with van der Waals surface area (Å²) in [5.41, 5.74) is 3.78. The van der Waals surface area contributed by atoms with Crippen LogP contribution in [0.1, 0.15) is 45.2 Å². The summed E-state index contributed by atoms with van der Waals surface area (Å²) in [5.74, 6) is -0.374. The predicted molar refractivity (Wildman–Crippen MR) is 109 cm³/mol. The highest BCUT2D eigenvalue weighted by Gasteiger charge is 2.39. The van der Waals surface area contributed by atoms with Crippen LogP contribution in [-0.4, -0.2) is 46.2 Å². The maximum absolute atomic E-state index is 11.9. The lowest BCUT2D eigenvalue weighted by atomic mass is 9.70. The Labute approximate surface area is 168 Å². The molecule has 0 aliphatic carbocycles. The Morgan fingerprint density at radius 3 is 2.68 bits per heavy atom. The summed E-state index contributed by atoms with van der Waals surface area (Å²) < 4.78 is 4.84. The Morgan fingerprint density at radius 2 is 2.04 bits per heavy atom. The number of hydrogen-bond acceptors (Lipinski definition) is 6. The smallest absolute Gasteiger partial charge is 0.356 e. The molecule has 3 heterocycles. The van der Waals surface area contributed by atoms with E-state index in [9.17, 15) is 4.79 Å². The van der Waals surface area contributed by atoms with Gasteiger partial charge in [0.05, 0.1) is 24.0 Å². The summed E-state index contributed by atoms with van der Waals surface area (Å²) in [5, 5.41) is 10.1. The van der Waals surface area contributed by atoms with Crippen LogP contribution >= 0.6 is 11.3 Å². The summed E-state index contributed by atoms with van der Waals surface area (Å²) in [4.78, 5) is 19.1. The van der Waals surface area contributed by atoms with Crippen LogP contribution in [0.5, 0.6) is 0 Å². The van der Waals surface area contributed by atoms with Crippen LogP contribution in [0.4, 0.5) is 0 Å². The van der Waals surface area contributed by atoms with Gasteiger partial charge in [0.1, 0.15) is 5.69 Å². The van der Waals surface area contributed by atoms with E-state index in [0.29, 0.717) is 12.2 Å². The number of nitrogens with one attached hydrogen (secondary N) is 1. The van der Waals surface area contributed by atoms with Crippen molar-refractivity contribution in [2.24, 2.45) is 0 Å². The van der Waals surface area contributed by atoms with Gasteiger partial charge in [0.15, 0.2) is 0 Å². The maximum atomic E-state index is 11.9. The van der Waals surface area contributed by atoms with Gasteiger partial charge in [-0.3, -0.25) is 10.00 Å². The van der Waals surface area contributed by atoms with Crippen LogP contribution < -0.4 is 0 Å². The van der Waals surface area contributed by atoms with Gasteiger partial charge in [-0.2, -0.15) is 5.10 Å². The molecule has 0 atom stereocenters. The van der Waals surface area contributed by atoms with E-state index in [1.807, 2.05) is 0 Å². The fourth-order valence-corrected chi connectivity index (χ4v) is 4.79. The lowest BCUT2D eigenvalue weighted by Gasteiger charge is -2.41. The van der Waals surface area contributed by atoms with Crippen LogP contribution in [-0.2, 0) is 16.7 Å². The molecule has 1 aromatic carbocycles. The third-order valence-electron chi connectivity index (χ3n) is 5.65. The second kappa shape index (κ2) is 7.85. The van der Waals surface area contributed by atoms with Crippen molar-refractivity contribution in [1.29, 1.82) is 0 Å². The first-order chi connectivity index (χ1) is 13.6. The van der Waals surface area contributed by atoms with Crippen molar-refractivity contribution in [2.45, 2.75) is 31.7 Å². The van der Waals surface area contributed by atoms with E-state index in [1.54, 1.807) is 17.5 Å². The quantitative estimate of drug-likeness (QED) is 0.668. The number of H-pyrrole nitrogens is 1. The number of nitrogens with zero attached hydrogens (tertiary/aromatic N) is 3. The first-order valence-corrected chi connectivity index (χ1v) is 10.3. The van der Waals surface area contributed by atoms with Crippen LogP contribution in [0, 0.1) is 6.92 Å². The Kier molecular flexibility index (Phi) is 5.28. The lowest BCUT2D eigenvalue weighted by Crippen LogP contribution is -2.43. The number of esters is 1. The fourth-order valence-electron chi connectivity index (χ4n) is 4.08. The molecule has 0 unspecified atom stereocenters. The van der Waals surface area contributed by atoms with Gasteiger partial charge in [-0.1, -0.05) is 30.3 Å². The van der Waals surface area contributed by atoms with Crippen molar-refractivity contribution in [2.75, 3.05) is 20.2 Å². The number of carbonyl (C=O) groups is 1. The van der Waals surface area contributed by atoms with E-state index in [-0.39, 0.29) is 11.4 Å². The van der Waals surface area contributed by atoms with Crippen LogP contribution in [0.2, 0.25) is 0 Å². The van der Waals surface area contributed by atoms with Crippen LogP contribution in [0.15, 0.2) is 41.9 Å². The SMILES string of the molecule is COC(=O)c1[nH]ncc1CN1CCC(c2ccccc2)(c2csc(C)n2)CC1. The summed E-state index contributed by atoms with van der Waals surface area (Å²) in [7, 11) is 1.39. The molecular weight excluding hydrogens is 372 g/mol. The molecule has 3 aromatic rings. The molecule has 0 saturated carbocycles.